The van der Waals surface area contributed by atoms with Crippen LogP contribution < -0.4 is 10.2 Å². The fourth-order valence-corrected chi connectivity index (χ4v) is 4.45. The van der Waals surface area contributed by atoms with Gasteiger partial charge in [-0.2, -0.15) is 0 Å². The minimum atomic E-state index is -1.10. The highest BCUT2D eigenvalue weighted by Gasteiger charge is 2.35. The lowest BCUT2D eigenvalue weighted by Crippen LogP contribution is -2.54. The molecule has 1 aliphatic heterocycles. The predicted molar refractivity (Wildman–Crippen MR) is 135 cm³/mol. The van der Waals surface area contributed by atoms with Gasteiger partial charge in [0.1, 0.15) is 11.4 Å². The van der Waals surface area contributed by atoms with E-state index in [1.165, 1.54) is 36.4 Å². The number of carbonyl (C=O) groups excluding carboxylic acids is 2. The molecule has 2 amide bonds. The van der Waals surface area contributed by atoms with E-state index in [1.54, 1.807) is 24.5 Å². The first-order valence-electron chi connectivity index (χ1n) is 10.1. The molecule has 0 unspecified atom stereocenters. The molecule has 2 heterocycles. The molecule has 0 aliphatic carbocycles. The first-order valence-corrected chi connectivity index (χ1v) is 11.2. The molecule has 2 aromatic carbocycles. The van der Waals surface area contributed by atoms with Gasteiger partial charge in [-0.15, -0.1) is 0 Å². The number of aromatic carboxylic acids is 1. The van der Waals surface area contributed by atoms with Crippen molar-refractivity contribution in [2.24, 2.45) is 0 Å². The van der Waals surface area contributed by atoms with E-state index in [0.29, 0.717) is 27.7 Å². The molecule has 1 aromatic heterocycles. The molecule has 1 fully saturated rings. The zero-order valence-electron chi connectivity index (χ0n) is 18.2. The van der Waals surface area contributed by atoms with E-state index in [1.807, 2.05) is 0 Å². The van der Waals surface area contributed by atoms with Crippen molar-refractivity contribution >= 4 is 70.1 Å². The summed E-state index contributed by atoms with van der Waals surface area (Å²) >= 11 is 17.4. The van der Waals surface area contributed by atoms with Gasteiger partial charge in [0.25, 0.3) is 11.8 Å². The second kappa shape index (κ2) is 9.26. The van der Waals surface area contributed by atoms with Crippen molar-refractivity contribution in [3.05, 3.63) is 86.4 Å². The molecular weight excluding hydrogens is 516 g/mol. The molecule has 1 aliphatic rings. The number of rotatable bonds is 4. The molecule has 35 heavy (non-hydrogen) atoms. The number of anilines is 1. The monoisotopic (exact) mass is 531 g/mol. The first kappa shape index (κ1) is 24.6. The summed E-state index contributed by atoms with van der Waals surface area (Å²) in [5.41, 5.74) is 2.33. The Morgan fingerprint density at radius 1 is 1.09 bits per heavy atom. The lowest BCUT2D eigenvalue weighted by atomic mass is 10.1. The number of carboxylic acid groups (broad SMARTS) is 1. The number of amides is 2. The van der Waals surface area contributed by atoms with Crippen LogP contribution in [-0.4, -0.2) is 32.6 Å². The third-order valence-corrected chi connectivity index (χ3v) is 6.36. The number of hydrogen-bond donors (Lipinski definition) is 2. The SMILES string of the molecule is Cc1cc(/C=C2\C(=O)NC(=S)N(c3ccc(F)c(Cl)c3)C2=O)c(C)n1-c1cc(C(=O)O)ccc1Cl. The number of aromatic nitrogens is 1. The Morgan fingerprint density at radius 2 is 1.80 bits per heavy atom. The summed E-state index contributed by atoms with van der Waals surface area (Å²) in [6.45, 7) is 3.53. The van der Waals surface area contributed by atoms with E-state index in [9.17, 15) is 23.9 Å². The molecule has 1 saturated heterocycles. The summed E-state index contributed by atoms with van der Waals surface area (Å²) < 4.78 is 15.3. The second-order valence-electron chi connectivity index (χ2n) is 7.69. The number of benzene rings is 2. The van der Waals surface area contributed by atoms with E-state index in [2.05, 4.69) is 5.32 Å². The molecule has 178 valence electrons. The van der Waals surface area contributed by atoms with E-state index in [4.69, 9.17) is 35.4 Å². The van der Waals surface area contributed by atoms with Crippen LogP contribution in [0.4, 0.5) is 10.1 Å². The quantitative estimate of drug-likeness (QED) is 0.278. The van der Waals surface area contributed by atoms with Gasteiger partial charge in [-0.3, -0.25) is 19.8 Å². The largest absolute Gasteiger partial charge is 0.478 e. The first-order chi connectivity index (χ1) is 16.5. The van der Waals surface area contributed by atoms with Crippen molar-refractivity contribution in [3.8, 4) is 5.69 Å². The Kier molecular flexibility index (Phi) is 6.50. The normalized spacial score (nSPS) is 15.1. The van der Waals surface area contributed by atoms with Crippen LogP contribution in [0, 0.1) is 19.7 Å². The minimum absolute atomic E-state index is 0.0563. The molecular formula is C24H16Cl2FN3O4S. The second-order valence-corrected chi connectivity index (χ2v) is 8.89. The van der Waals surface area contributed by atoms with Gasteiger partial charge < -0.3 is 9.67 Å². The Balaban J connectivity index is 1.79. The maximum atomic E-state index is 13.6. The van der Waals surface area contributed by atoms with Gasteiger partial charge in [0.05, 0.1) is 27.0 Å². The predicted octanol–water partition coefficient (Wildman–Crippen LogP) is 5.07. The molecule has 0 bridgehead atoms. The Hall–Kier alpha value is -3.53. The van der Waals surface area contributed by atoms with Gasteiger partial charge in [0.15, 0.2) is 5.11 Å². The van der Waals surface area contributed by atoms with Gasteiger partial charge >= 0.3 is 5.97 Å². The van der Waals surface area contributed by atoms with Gasteiger partial charge in [-0.25, -0.2) is 9.18 Å². The number of carbonyl (C=O) groups is 3. The third kappa shape index (κ3) is 4.45. The van der Waals surface area contributed by atoms with Crippen molar-refractivity contribution in [2.45, 2.75) is 13.8 Å². The number of thiocarbonyl (C=S) groups is 1. The maximum Gasteiger partial charge on any atom is 0.335 e. The van der Waals surface area contributed by atoms with Gasteiger partial charge in [-0.05, 0) is 80.2 Å². The molecule has 0 spiro atoms. The van der Waals surface area contributed by atoms with Crippen LogP contribution >= 0.6 is 35.4 Å². The number of nitrogens with zero attached hydrogens (tertiary/aromatic N) is 2. The summed E-state index contributed by atoms with van der Waals surface area (Å²) in [7, 11) is 0. The summed E-state index contributed by atoms with van der Waals surface area (Å²) in [6.07, 6.45) is 1.41. The van der Waals surface area contributed by atoms with Crippen molar-refractivity contribution in [1.29, 1.82) is 0 Å². The highest BCUT2D eigenvalue weighted by molar-refractivity contribution is 7.80. The Labute approximate surface area is 214 Å². The summed E-state index contributed by atoms with van der Waals surface area (Å²) in [5.74, 6) is -3.17. The van der Waals surface area contributed by atoms with Crippen molar-refractivity contribution in [3.63, 3.8) is 0 Å². The van der Waals surface area contributed by atoms with E-state index < -0.39 is 23.6 Å². The zero-order chi connectivity index (χ0) is 25.6. The van der Waals surface area contributed by atoms with Crippen LogP contribution in [0.3, 0.4) is 0 Å². The van der Waals surface area contributed by atoms with Crippen LogP contribution in [0.1, 0.15) is 27.3 Å². The Morgan fingerprint density at radius 3 is 2.46 bits per heavy atom. The smallest absolute Gasteiger partial charge is 0.335 e. The maximum absolute atomic E-state index is 13.6. The van der Waals surface area contributed by atoms with Gasteiger partial charge in [0, 0.05) is 11.4 Å². The third-order valence-electron chi connectivity index (χ3n) is 5.47. The van der Waals surface area contributed by atoms with Crippen LogP contribution in [-0.2, 0) is 9.59 Å². The highest BCUT2D eigenvalue weighted by atomic mass is 35.5. The standard InChI is InChI=1S/C24H16Cl2FN3O4S/c1-11-7-14(12(2)29(11)20-9-13(23(33)34)3-5-17(20)25)8-16-21(31)28-24(35)30(22(16)32)15-4-6-19(27)18(26)10-15/h3-10H,1-2H3,(H,33,34)(H,28,31,35)/b16-8+. The molecule has 7 nitrogen and oxygen atoms in total. The van der Waals surface area contributed by atoms with E-state index in [0.717, 1.165) is 11.0 Å². The Bertz CT molecular complexity index is 1480. The number of halogens is 3. The molecule has 0 atom stereocenters. The molecule has 11 heteroatoms. The van der Waals surface area contributed by atoms with Crippen LogP contribution in [0.25, 0.3) is 11.8 Å². The highest BCUT2D eigenvalue weighted by Crippen LogP contribution is 2.30. The average molecular weight is 532 g/mol. The number of aryl methyl sites for hydroxylation is 1. The van der Waals surface area contributed by atoms with Crippen molar-refractivity contribution in [1.82, 2.24) is 9.88 Å². The van der Waals surface area contributed by atoms with Crippen LogP contribution in [0.2, 0.25) is 10.0 Å². The fraction of sp³-hybridized carbons (Fsp3) is 0.0833. The number of hydrogen-bond acceptors (Lipinski definition) is 4. The summed E-state index contributed by atoms with van der Waals surface area (Å²) in [6, 6.07) is 9.72. The number of carboxylic acids is 1. The van der Waals surface area contributed by atoms with E-state index in [-0.39, 0.29) is 27.0 Å². The topological polar surface area (TPSA) is 91.6 Å². The summed E-state index contributed by atoms with van der Waals surface area (Å²) in [4.78, 5) is 38.4. The lowest BCUT2D eigenvalue weighted by molar-refractivity contribution is -0.122. The van der Waals surface area contributed by atoms with E-state index >= 15 is 0 Å². The number of nitrogens with one attached hydrogen (secondary N) is 1. The van der Waals surface area contributed by atoms with Crippen LogP contribution in [0.15, 0.2) is 48.0 Å². The van der Waals surface area contributed by atoms with Crippen molar-refractivity contribution < 1.29 is 23.9 Å². The molecule has 2 N–H and O–H groups in total. The lowest BCUT2D eigenvalue weighted by Gasteiger charge is -2.29. The van der Waals surface area contributed by atoms with Gasteiger partial charge in [0.2, 0.25) is 0 Å². The molecule has 4 rings (SSSR count). The average Bonchev–Trinajstić information content (AvgIpc) is 3.06. The van der Waals surface area contributed by atoms with Crippen LogP contribution in [0.5, 0.6) is 0 Å². The minimum Gasteiger partial charge on any atom is -0.478 e. The fourth-order valence-electron chi connectivity index (χ4n) is 3.79. The summed E-state index contributed by atoms with van der Waals surface area (Å²) in [5, 5.41) is 11.8. The molecule has 3 aromatic rings. The molecule has 0 saturated carbocycles. The van der Waals surface area contributed by atoms with Gasteiger partial charge in [-0.1, -0.05) is 23.2 Å². The zero-order valence-corrected chi connectivity index (χ0v) is 20.6. The molecule has 0 radical (unpaired) electrons. The van der Waals surface area contributed by atoms with Crippen molar-refractivity contribution in [2.75, 3.05) is 4.90 Å².